The third-order valence-electron chi connectivity index (χ3n) is 7.04. The number of benzene rings is 2. The van der Waals surface area contributed by atoms with Gasteiger partial charge in [-0.1, -0.05) is 35.9 Å². The molecule has 0 radical (unpaired) electrons. The number of carbonyl (C=O) groups excluding carboxylic acids is 3. The molecular formula is C28H25ClF3N5O3. The van der Waals surface area contributed by atoms with E-state index < -0.39 is 54.0 Å². The van der Waals surface area contributed by atoms with Crippen molar-refractivity contribution < 1.29 is 27.6 Å². The minimum atomic E-state index is -2.92. The molecule has 208 valence electrons. The molecular weight excluding hydrogens is 547 g/mol. The largest absolute Gasteiger partial charge is 0.351 e. The van der Waals surface area contributed by atoms with E-state index in [-0.39, 0.29) is 47.9 Å². The van der Waals surface area contributed by atoms with E-state index in [2.05, 4.69) is 15.3 Å². The molecule has 0 spiro atoms. The zero-order valence-electron chi connectivity index (χ0n) is 21.1. The Labute approximate surface area is 233 Å². The fraction of sp³-hybridized carbons (Fsp3) is 0.321. The number of amides is 3. The molecule has 3 amide bonds. The molecule has 2 heterocycles. The van der Waals surface area contributed by atoms with Gasteiger partial charge in [0.2, 0.25) is 23.7 Å². The molecule has 1 saturated heterocycles. The maximum atomic E-state index is 14.5. The van der Waals surface area contributed by atoms with Crippen molar-refractivity contribution in [2.75, 3.05) is 9.80 Å². The lowest BCUT2D eigenvalue weighted by molar-refractivity contribution is -0.127. The van der Waals surface area contributed by atoms with Gasteiger partial charge in [0, 0.05) is 54.0 Å². The maximum absolute atomic E-state index is 14.5. The molecule has 8 nitrogen and oxygen atoms in total. The zero-order valence-corrected chi connectivity index (χ0v) is 21.9. The van der Waals surface area contributed by atoms with E-state index in [1.165, 1.54) is 42.7 Å². The maximum Gasteiger partial charge on any atom is 0.251 e. The molecule has 2 fully saturated rings. The Kier molecular flexibility index (Phi) is 7.75. The lowest BCUT2D eigenvalue weighted by Gasteiger charge is -2.35. The summed E-state index contributed by atoms with van der Waals surface area (Å²) < 4.78 is 42.4. The van der Waals surface area contributed by atoms with Crippen LogP contribution < -0.4 is 15.1 Å². The van der Waals surface area contributed by atoms with Gasteiger partial charge in [0.1, 0.15) is 17.9 Å². The number of hydrogen-bond donors (Lipinski definition) is 1. The Morgan fingerprint density at radius 3 is 2.50 bits per heavy atom. The van der Waals surface area contributed by atoms with Crippen LogP contribution in [0.1, 0.15) is 43.7 Å². The highest BCUT2D eigenvalue weighted by atomic mass is 35.5. The molecule has 1 saturated carbocycles. The van der Waals surface area contributed by atoms with E-state index in [9.17, 15) is 27.6 Å². The van der Waals surface area contributed by atoms with Gasteiger partial charge >= 0.3 is 0 Å². The van der Waals surface area contributed by atoms with Gasteiger partial charge in [0.05, 0.1) is 0 Å². The van der Waals surface area contributed by atoms with Crippen molar-refractivity contribution in [2.45, 2.75) is 56.2 Å². The van der Waals surface area contributed by atoms with Crippen LogP contribution in [0.5, 0.6) is 0 Å². The van der Waals surface area contributed by atoms with Gasteiger partial charge in [-0.05, 0) is 43.2 Å². The van der Waals surface area contributed by atoms with E-state index in [0.717, 1.165) is 15.9 Å². The Morgan fingerprint density at radius 2 is 1.82 bits per heavy atom. The first-order chi connectivity index (χ1) is 19.1. The number of alkyl halides is 2. The number of nitrogens with one attached hydrogen (secondary N) is 1. The van der Waals surface area contributed by atoms with Crippen LogP contribution in [0.3, 0.4) is 0 Å². The van der Waals surface area contributed by atoms with Gasteiger partial charge < -0.3 is 5.32 Å². The zero-order chi connectivity index (χ0) is 28.4. The number of halogens is 4. The molecule has 0 bridgehead atoms. The summed E-state index contributed by atoms with van der Waals surface area (Å²) in [5.74, 6) is -5.45. The van der Waals surface area contributed by atoms with Crippen LogP contribution in [0.15, 0.2) is 67.0 Å². The van der Waals surface area contributed by atoms with E-state index in [4.69, 9.17) is 11.6 Å². The Hall–Kier alpha value is -3.99. The third-order valence-corrected chi connectivity index (χ3v) is 7.39. The van der Waals surface area contributed by atoms with Gasteiger partial charge in [-0.3, -0.25) is 24.2 Å². The SMILES string of the molecule is O=C(NC1CCC(F)(F)C1)[C@H](c1ccccc1Cl)N(C(=O)[C@@H]1CCC(=O)N1c1ncccn1)c1cccc(F)c1. The Bertz CT molecular complexity index is 1430. The van der Waals surface area contributed by atoms with Crippen LogP contribution in [0.4, 0.5) is 24.8 Å². The molecule has 1 N–H and O–H groups in total. The van der Waals surface area contributed by atoms with Crippen molar-refractivity contribution in [2.24, 2.45) is 0 Å². The normalized spacial score (nSPS) is 20.8. The van der Waals surface area contributed by atoms with Gasteiger partial charge in [0.15, 0.2) is 0 Å². The van der Waals surface area contributed by atoms with Crippen LogP contribution in [-0.4, -0.2) is 45.7 Å². The summed E-state index contributed by atoms with van der Waals surface area (Å²) >= 11 is 6.50. The highest BCUT2D eigenvalue weighted by Crippen LogP contribution is 2.38. The Balaban J connectivity index is 1.60. The molecule has 1 aromatic heterocycles. The lowest BCUT2D eigenvalue weighted by atomic mass is 10.0. The van der Waals surface area contributed by atoms with Gasteiger partial charge in [-0.15, -0.1) is 0 Å². The van der Waals surface area contributed by atoms with Crippen LogP contribution in [-0.2, 0) is 14.4 Å². The smallest absolute Gasteiger partial charge is 0.251 e. The highest BCUT2D eigenvalue weighted by molar-refractivity contribution is 6.31. The molecule has 2 aliphatic rings. The van der Waals surface area contributed by atoms with Crippen LogP contribution in [0.25, 0.3) is 0 Å². The summed E-state index contributed by atoms with van der Waals surface area (Å²) in [7, 11) is 0. The predicted octanol–water partition coefficient (Wildman–Crippen LogP) is 4.84. The van der Waals surface area contributed by atoms with Crippen molar-refractivity contribution >= 4 is 41.0 Å². The lowest BCUT2D eigenvalue weighted by Crippen LogP contribution is -2.53. The minimum Gasteiger partial charge on any atom is -0.351 e. The summed E-state index contributed by atoms with van der Waals surface area (Å²) in [6.07, 6.45) is 2.10. The fourth-order valence-corrected chi connectivity index (χ4v) is 5.46. The van der Waals surface area contributed by atoms with E-state index in [0.29, 0.717) is 0 Å². The summed E-state index contributed by atoms with van der Waals surface area (Å²) in [5, 5.41) is 2.79. The second-order valence-corrected chi connectivity index (χ2v) is 10.2. The molecule has 3 aromatic rings. The monoisotopic (exact) mass is 571 g/mol. The fourth-order valence-electron chi connectivity index (χ4n) is 5.22. The van der Waals surface area contributed by atoms with Crippen molar-refractivity contribution in [3.05, 3.63) is 83.4 Å². The first-order valence-electron chi connectivity index (χ1n) is 12.7. The van der Waals surface area contributed by atoms with E-state index in [1.54, 1.807) is 18.2 Å². The van der Waals surface area contributed by atoms with E-state index in [1.807, 2.05) is 0 Å². The summed E-state index contributed by atoms with van der Waals surface area (Å²) in [6.45, 7) is 0. The van der Waals surface area contributed by atoms with Crippen LogP contribution >= 0.6 is 11.6 Å². The van der Waals surface area contributed by atoms with Crippen LogP contribution in [0, 0.1) is 5.82 Å². The highest BCUT2D eigenvalue weighted by Gasteiger charge is 2.46. The summed E-state index contributed by atoms with van der Waals surface area (Å²) in [5.41, 5.74) is 0.228. The molecule has 1 aliphatic carbocycles. The first kappa shape index (κ1) is 27.6. The molecule has 5 rings (SSSR count). The van der Waals surface area contributed by atoms with Crippen molar-refractivity contribution in [1.29, 1.82) is 0 Å². The van der Waals surface area contributed by atoms with Gasteiger partial charge in [-0.2, -0.15) is 0 Å². The average molecular weight is 572 g/mol. The number of hydrogen-bond acceptors (Lipinski definition) is 5. The van der Waals surface area contributed by atoms with Crippen molar-refractivity contribution in [3.63, 3.8) is 0 Å². The first-order valence-corrected chi connectivity index (χ1v) is 13.1. The molecule has 3 atom stereocenters. The van der Waals surface area contributed by atoms with Gasteiger partial charge in [0.25, 0.3) is 5.91 Å². The number of anilines is 2. The van der Waals surface area contributed by atoms with Crippen molar-refractivity contribution in [3.8, 4) is 0 Å². The standard InChI is InChI=1S/C28H25ClF3N5O3/c29-21-8-2-1-7-20(21)24(25(39)35-18-11-12-28(31,32)16-18)36(19-6-3-5-17(30)15-19)26(40)22-9-10-23(38)37(22)27-33-13-4-14-34-27/h1-8,13-15,18,22,24H,9-12,16H2,(H,35,39)/t18?,22-,24-/m0/s1. The molecule has 2 aromatic carbocycles. The number of nitrogens with zero attached hydrogens (tertiary/aromatic N) is 4. The van der Waals surface area contributed by atoms with Gasteiger partial charge in [-0.25, -0.2) is 23.1 Å². The average Bonchev–Trinajstić information content (AvgIpc) is 3.48. The van der Waals surface area contributed by atoms with E-state index >= 15 is 0 Å². The third kappa shape index (κ3) is 5.65. The Morgan fingerprint density at radius 1 is 1.07 bits per heavy atom. The van der Waals surface area contributed by atoms with Crippen molar-refractivity contribution in [1.82, 2.24) is 15.3 Å². The molecule has 1 unspecified atom stereocenters. The predicted molar refractivity (Wildman–Crippen MR) is 141 cm³/mol. The summed E-state index contributed by atoms with van der Waals surface area (Å²) in [4.78, 5) is 51.6. The molecule has 12 heteroatoms. The number of carbonyl (C=O) groups is 3. The second kappa shape index (κ2) is 11.2. The van der Waals surface area contributed by atoms with Crippen LogP contribution in [0.2, 0.25) is 5.02 Å². The minimum absolute atomic E-state index is 0.00877. The summed E-state index contributed by atoms with van der Waals surface area (Å²) in [6, 6.07) is 9.54. The molecule has 1 aliphatic heterocycles. The number of rotatable bonds is 7. The number of aromatic nitrogens is 2. The second-order valence-electron chi connectivity index (χ2n) is 9.78. The quantitative estimate of drug-likeness (QED) is 0.438. The molecule has 40 heavy (non-hydrogen) atoms. The topological polar surface area (TPSA) is 95.5 Å².